The summed E-state index contributed by atoms with van der Waals surface area (Å²) in [5.41, 5.74) is 0.447. The minimum atomic E-state index is -0.313. The predicted molar refractivity (Wildman–Crippen MR) is 69.6 cm³/mol. The molecule has 0 heterocycles. The Balaban J connectivity index is 2.27. The fraction of sp³-hybridized carbons (Fsp3) is 0.500. The van der Waals surface area contributed by atoms with Crippen LogP contribution in [0.15, 0.2) is 36.5 Å². The van der Waals surface area contributed by atoms with E-state index in [1.807, 2.05) is 7.05 Å². The first-order valence-electron chi connectivity index (χ1n) is 5.90. The molecule has 0 fully saturated rings. The molecule has 3 nitrogen and oxygen atoms in total. The largest absolute Gasteiger partial charge is 0.461 e. The van der Waals surface area contributed by atoms with Crippen molar-refractivity contribution in [2.24, 2.45) is 5.92 Å². The first-order valence-corrected chi connectivity index (χ1v) is 5.90. The van der Waals surface area contributed by atoms with E-state index in [1.54, 1.807) is 6.92 Å². The number of hydrogen-bond donors (Lipinski definition) is 0. The summed E-state index contributed by atoms with van der Waals surface area (Å²) in [7, 11) is 2.04. The minimum Gasteiger partial charge on any atom is -0.461 e. The molecule has 0 saturated heterocycles. The van der Waals surface area contributed by atoms with E-state index in [1.165, 1.54) is 0 Å². The fourth-order valence-electron chi connectivity index (χ4n) is 1.67. The summed E-state index contributed by atoms with van der Waals surface area (Å²) in [6, 6.07) is 0.411. The Labute approximate surface area is 103 Å². The van der Waals surface area contributed by atoms with Gasteiger partial charge in [-0.25, -0.2) is 4.79 Å². The lowest BCUT2D eigenvalue weighted by Gasteiger charge is -2.27. The summed E-state index contributed by atoms with van der Waals surface area (Å²) in [6.07, 6.45) is 8.49. The van der Waals surface area contributed by atoms with Gasteiger partial charge in [-0.3, -0.25) is 4.90 Å². The van der Waals surface area contributed by atoms with Crippen LogP contribution in [0.4, 0.5) is 0 Å². The van der Waals surface area contributed by atoms with Gasteiger partial charge in [-0.05, 0) is 20.9 Å². The van der Waals surface area contributed by atoms with Crippen LogP contribution in [0.25, 0.3) is 0 Å². The average Bonchev–Trinajstić information content (AvgIpc) is 2.80. The number of esters is 1. The molecular weight excluding hydrogens is 214 g/mol. The highest BCUT2D eigenvalue weighted by atomic mass is 16.5. The third-order valence-electron chi connectivity index (χ3n) is 3.06. The van der Waals surface area contributed by atoms with E-state index < -0.39 is 0 Å². The Morgan fingerprint density at radius 1 is 1.47 bits per heavy atom. The van der Waals surface area contributed by atoms with Crippen molar-refractivity contribution in [2.45, 2.75) is 19.9 Å². The number of hydrogen-bond acceptors (Lipinski definition) is 3. The lowest BCUT2D eigenvalue weighted by Crippen LogP contribution is -2.36. The number of ether oxygens (including phenoxy) is 1. The number of carbonyl (C=O) groups excluding carboxylic acids is 1. The molecule has 94 valence electrons. The van der Waals surface area contributed by atoms with Crippen LogP contribution in [0.2, 0.25) is 0 Å². The number of carbonyl (C=O) groups is 1. The van der Waals surface area contributed by atoms with Gasteiger partial charge in [0.05, 0.1) is 0 Å². The Kier molecular flexibility index (Phi) is 5.16. The first-order chi connectivity index (χ1) is 8.02. The van der Waals surface area contributed by atoms with Gasteiger partial charge in [0, 0.05) is 24.1 Å². The molecule has 0 radical (unpaired) electrons. The maximum absolute atomic E-state index is 11.2. The van der Waals surface area contributed by atoms with Crippen LogP contribution in [0, 0.1) is 5.92 Å². The van der Waals surface area contributed by atoms with Crippen molar-refractivity contribution in [1.29, 1.82) is 0 Å². The van der Waals surface area contributed by atoms with Gasteiger partial charge < -0.3 is 4.74 Å². The molecule has 0 spiro atoms. The van der Waals surface area contributed by atoms with Crippen LogP contribution in [-0.2, 0) is 9.53 Å². The van der Waals surface area contributed by atoms with Crippen molar-refractivity contribution in [1.82, 2.24) is 4.90 Å². The van der Waals surface area contributed by atoms with Gasteiger partial charge in [-0.1, -0.05) is 30.9 Å². The van der Waals surface area contributed by atoms with E-state index in [9.17, 15) is 4.79 Å². The van der Waals surface area contributed by atoms with Gasteiger partial charge in [0.1, 0.15) is 6.61 Å². The molecule has 0 aliphatic heterocycles. The lowest BCUT2D eigenvalue weighted by atomic mass is 10.0. The quantitative estimate of drug-likeness (QED) is 0.522. The van der Waals surface area contributed by atoms with Crippen molar-refractivity contribution in [3.05, 3.63) is 36.5 Å². The van der Waals surface area contributed by atoms with E-state index in [2.05, 4.69) is 42.7 Å². The van der Waals surface area contributed by atoms with E-state index in [4.69, 9.17) is 4.74 Å². The molecule has 0 aromatic carbocycles. The summed E-state index contributed by atoms with van der Waals surface area (Å²) in [6.45, 7) is 8.52. The molecule has 1 aliphatic rings. The topological polar surface area (TPSA) is 29.5 Å². The fourth-order valence-corrected chi connectivity index (χ4v) is 1.67. The first kappa shape index (κ1) is 13.7. The molecule has 0 aromatic heterocycles. The molecule has 1 unspecified atom stereocenters. The lowest BCUT2D eigenvalue weighted by molar-refractivity contribution is -0.139. The Morgan fingerprint density at radius 2 is 2.06 bits per heavy atom. The maximum Gasteiger partial charge on any atom is 0.333 e. The highest BCUT2D eigenvalue weighted by Crippen LogP contribution is 2.17. The molecular formula is C14H21NO2. The number of likely N-dealkylation sites (N-methyl/N-ethyl adjacent to an activating group) is 1. The van der Waals surface area contributed by atoms with Crippen molar-refractivity contribution in [3.63, 3.8) is 0 Å². The molecule has 0 saturated carbocycles. The van der Waals surface area contributed by atoms with Gasteiger partial charge in [0.2, 0.25) is 0 Å². The van der Waals surface area contributed by atoms with Crippen LogP contribution in [0.3, 0.4) is 0 Å². The van der Waals surface area contributed by atoms with Gasteiger partial charge in [-0.15, -0.1) is 0 Å². The predicted octanol–water partition coefficient (Wildman–Crippen LogP) is 2.17. The van der Waals surface area contributed by atoms with Crippen molar-refractivity contribution in [2.75, 3.05) is 20.2 Å². The average molecular weight is 235 g/mol. The van der Waals surface area contributed by atoms with Crippen LogP contribution in [0.1, 0.15) is 13.8 Å². The third-order valence-corrected chi connectivity index (χ3v) is 3.06. The van der Waals surface area contributed by atoms with Gasteiger partial charge in [-0.2, -0.15) is 0 Å². The second kappa shape index (κ2) is 6.40. The monoisotopic (exact) mass is 235 g/mol. The van der Waals surface area contributed by atoms with Gasteiger partial charge in [0.25, 0.3) is 0 Å². The summed E-state index contributed by atoms with van der Waals surface area (Å²) in [5.74, 6) is 0.142. The smallest absolute Gasteiger partial charge is 0.333 e. The maximum atomic E-state index is 11.2. The Hall–Kier alpha value is -1.35. The zero-order valence-corrected chi connectivity index (χ0v) is 10.8. The summed E-state index contributed by atoms with van der Waals surface area (Å²) in [4.78, 5) is 13.4. The molecule has 1 atom stereocenters. The van der Waals surface area contributed by atoms with E-state index >= 15 is 0 Å². The zero-order chi connectivity index (χ0) is 12.8. The third kappa shape index (κ3) is 4.19. The van der Waals surface area contributed by atoms with Gasteiger partial charge in [0.15, 0.2) is 0 Å². The second-order valence-corrected chi connectivity index (χ2v) is 4.48. The summed E-state index contributed by atoms with van der Waals surface area (Å²) in [5, 5.41) is 0. The van der Waals surface area contributed by atoms with Crippen molar-refractivity contribution >= 4 is 5.97 Å². The normalized spacial score (nSPS) is 16.5. The molecule has 1 aliphatic carbocycles. The van der Waals surface area contributed by atoms with Crippen LogP contribution in [-0.4, -0.2) is 37.1 Å². The Bertz CT molecular complexity index is 332. The summed E-state index contributed by atoms with van der Waals surface area (Å²) >= 11 is 0. The molecule has 0 bridgehead atoms. The molecule has 1 rings (SSSR count). The van der Waals surface area contributed by atoms with E-state index in [-0.39, 0.29) is 5.97 Å². The zero-order valence-electron chi connectivity index (χ0n) is 10.8. The molecule has 0 amide bonds. The van der Waals surface area contributed by atoms with E-state index in [0.717, 1.165) is 6.54 Å². The van der Waals surface area contributed by atoms with Gasteiger partial charge >= 0.3 is 5.97 Å². The van der Waals surface area contributed by atoms with Crippen LogP contribution in [0.5, 0.6) is 0 Å². The molecule has 0 N–H and O–H groups in total. The summed E-state index contributed by atoms with van der Waals surface area (Å²) < 4.78 is 5.07. The highest BCUT2D eigenvalue weighted by Gasteiger charge is 2.18. The van der Waals surface area contributed by atoms with Crippen molar-refractivity contribution in [3.8, 4) is 0 Å². The van der Waals surface area contributed by atoms with Crippen LogP contribution < -0.4 is 0 Å². The van der Waals surface area contributed by atoms with Crippen LogP contribution >= 0.6 is 0 Å². The highest BCUT2D eigenvalue weighted by molar-refractivity contribution is 5.86. The Morgan fingerprint density at radius 3 is 2.59 bits per heavy atom. The standard InChI is InChI=1S/C14H21NO2/c1-11(2)14(16)17-10-9-15(4)12(3)13-7-5-6-8-13/h5-8,12-13H,1,9-10H2,2-4H3. The second-order valence-electron chi connectivity index (χ2n) is 4.48. The minimum absolute atomic E-state index is 0.313. The SMILES string of the molecule is C=C(C)C(=O)OCCN(C)C(C)C1C=CC=C1. The number of nitrogens with zero attached hydrogens (tertiary/aromatic N) is 1. The van der Waals surface area contributed by atoms with Crippen molar-refractivity contribution < 1.29 is 9.53 Å². The van der Waals surface area contributed by atoms with E-state index in [0.29, 0.717) is 24.1 Å². The number of allylic oxidation sites excluding steroid dienone is 2. The molecule has 0 aromatic rings. The number of rotatable bonds is 6. The molecule has 17 heavy (non-hydrogen) atoms. The molecule has 3 heteroatoms.